The molecule has 1 aromatic heterocycles. The Morgan fingerprint density at radius 1 is 1.44 bits per heavy atom. The third kappa shape index (κ3) is 2.78. The number of likely N-dealkylation sites (tertiary alicyclic amines) is 1. The minimum atomic E-state index is -0.437. The van der Waals surface area contributed by atoms with Crippen molar-refractivity contribution in [2.75, 3.05) is 13.1 Å². The summed E-state index contributed by atoms with van der Waals surface area (Å²) in [6.07, 6.45) is 3.14. The first-order chi connectivity index (χ1) is 8.37. The van der Waals surface area contributed by atoms with E-state index in [1.54, 1.807) is 11.2 Å². The topological polar surface area (TPSA) is 55.3 Å². The van der Waals surface area contributed by atoms with E-state index in [1.807, 2.05) is 33.9 Å². The zero-order chi connectivity index (χ0) is 13.3. The van der Waals surface area contributed by atoms with Crippen LogP contribution in [0.4, 0.5) is 4.79 Å². The second-order valence-electron chi connectivity index (χ2n) is 5.65. The van der Waals surface area contributed by atoms with Crippen molar-refractivity contribution >= 4 is 6.09 Å². The number of hydrogen-bond donors (Lipinski definition) is 0. The Bertz CT molecular complexity index is 448. The molecule has 1 aliphatic heterocycles. The SMILES string of the molecule is Cc1ncncc1C1CN(C(=O)OC(C)(C)C)C1. The number of carbonyl (C=O) groups excluding carboxylic acids is 1. The number of aromatic nitrogens is 2. The molecule has 1 fully saturated rings. The van der Waals surface area contributed by atoms with Gasteiger partial charge in [-0.05, 0) is 33.3 Å². The number of ether oxygens (including phenoxy) is 1. The van der Waals surface area contributed by atoms with Gasteiger partial charge >= 0.3 is 6.09 Å². The Morgan fingerprint density at radius 3 is 2.67 bits per heavy atom. The maximum atomic E-state index is 11.8. The summed E-state index contributed by atoms with van der Waals surface area (Å²) in [5.41, 5.74) is 1.67. The van der Waals surface area contributed by atoms with Crippen molar-refractivity contribution < 1.29 is 9.53 Å². The molecule has 0 unspecified atom stereocenters. The van der Waals surface area contributed by atoms with Crippen molar-refractivity contribution in [3.63, 3.8) is 0 Å². The Morgan fingerprint density at radius 2 is 2.11 bits per heavy atom. The largest absolute Gasteiger partial charge is 0.444 e. The highest BCUT2D eigenvalue weighted by Gasteiger charge is 2.35. The third-order valence-corrected chi connectivity index (χ3v) is 2.92. The van der Waals surface area contributed by atoms with Gasteiger partial charge in [0.15, 0.2) is 0 Å². The quantitative estimate of drug-likeness (QED) is 0.765. The van der Waals surface area contributed by atoms with Gasteiger partial charge in [0, 0.05) is 30.9 Å². The Labute approximate surface area is 107 Å². The van der Waals surface area contributed by atoms with Gasteiger partial charge in [-0.15, -0.1) is 0 Å². The summed E-state index contributed by atoms with van der Waals surface area (Å²) in [4.78, 5) is 21.7. The fraction of sp³-hybridized carbons (Fsp3) is 0.615. The highest BCUT2D eigenvalue weighted by atomic mass is 16.6. The maximum Gasteiger partial charge on any atom is 0.410 e. The van der Waals surface area contributed by atoms with Gasteiger partial charge in [0.25, 0.3) is 0 Å². The highest BCUT2D eigenvalue weighted by molar-refractivity contribution is 5.69. The van der Waals surface area contributed by atoms with Crippen LogP contribution in [0.15, 0.2) is 12.5 Å². The van der Waals surface area contributed by atoms with E-state index >= 15 is 0 Å². The third-order valence-electron chi connectivity index (χ3n) is 2.92. The molecule has 0 spiro atoms. The lowest BCUT2D eigenvalue weighted by Gasteiger charge is -2.40. The molecule has 2 heterocycles. The van der Waals surface area contributed by atoms with Gasteiger partial charge in [0.1, 0.15) is 11.9 Å². The van der Waals surface area contributed by atoms with E-state index in [0.29, 0.717) is 19.0 Å². The van der Waals surface area contributed by atoms with Crippen LogP contribution in [-0.4, -0.2) is 39.7 Å². The van der Waals surface area contributed by atoms with E-state index in [0.717, 1.165) is 11.3 Å². The molecule has 18 heavy (non-hydrogen) atoms. The van der Waals surface area contributed by atoms with Crippen LogP contribution in [-0.2, 0) is 4.74 Å². The summed E-state index contributed by atoms with van der Waals surface area (Å²) in [5, 5.41) is 0. The van der Waals surface area contributed by atoms with E-state index in [9.17, 15) is 4.79 Å². The van der Waals surface area contributed by atoms with E-state index < -0.39 is 5.60 Å². The van der Waals surface area contributed by atoms with E-state index in [4.69, 9.17) is 4.74 Å². The van der Waals surface area contributed by atoms with Crippen LogP contribution in [0.1, 0.15) is 37.9 Å². The van der Waals surface area contributed by atoms with Crippen molar-refractivity contribution in [3.8, 4) is 0 Å². The summed E-state index contributed by atoms with van der Waals surface area (Å²) in [5.74, 6) is 0.332. The van der Waals surface area contributed by atoms with Crippen molar-refractivity contribution in [3.05, 3.63) is 23.8 Å². The summed E-state index contributed by atoms with van der Waals surface area (Å²) in [6, 6.07) is 0. The molecule has 2 rings (SSSR count). The lowest BCUT2D eigenvalue weighted by molar-refractivity contribution is 0.00807. The molecule has 0 aliphatic carbocycles. The molecular formula is C13H19N3O2. The lowest BCUT2D eigenvalue weighted by atomic mass is 9.92. The first-order valence-corrected chi connectivity index (χ1v) is 6.11. The van der Waals surface area contributed by atoms with Gasteiger partial charge < -0.3 is 9.64 Å². The standard InChI is InChI=1S/C13H19N3O2/c1-9-11(5-14-8-15-9)10-6-16(7-10)12(17)18-13(2,3)4/h5,8,10H,6-7H2,1-4H3. The number of carbonyl (C=O) groups is 1. The first-order valence-electron chi connectivity index (χ1n) is 6.11. The average Bonchev–Trinajstić information content (AvgIpc) is 2.15. The van der Waals surface area contributed by atoms with Crippen LogP contribution in [0.2, 0.25) is 0 Å². The molecule has 5 nitrogen and oxygen atoms in total. The number of amides is 1. The van der Waals surface area contributed by atoms with E-state index in [-0.39, 0.29) is 6.09 Å². The summed E-state index contributed by atoms with van der Waals surface area (Å²) < 4.78 is 5.31. The van der Waals surface area contributed by atoms with Crippen molar-refractivity contribution in [1.82, 2.24) is 14.9 Å². The number of nitrogens with zero attached hydrogens (tertiary/aromatic N) is 3. The van der Waals surface area contributed by atoms with Crippen molar-refractivity contribution in [1.29, 1.82) is 0 Å². The van der Waals surface area contributed by atoms with Crippen LogP contribution >= 0.6 is 0 Å². The predicted octanol–water partition coefficient (Wildman–Crippen LogP) is 2.12. The zero-order valence-corrected chi connectivity index (χ0v) is 11.3. The molecule has 0 saturated carbocycles. The molecule has 1 aliphatic rings. The molecular weight excluding hydrogens is 230 g/mol. The molecule has 1 saturated heterocycles. The Kier molecular flexibility index (Phi) is 3.24. The summed E-state index contributed by atoms with van der Waals surface area (Å²) in [7, 11) is 0. The van der Waals surface area contributed by atoms with Crippen LogP contribution in [0, 0.1) is 6.92 Å². The minimum Gasteiger partial charge on any atom is -0.444 e. The van der Waals surface area contributed by atoms with Gasteiger partial charge in [0.05, 0.1) is 0 Å². The molecule has 0 aromatic carbocycles. The molecule has 0 bridgehead atoms. The second kappa shape index (κ2) is 4.55. The van der Waals surface area contributed by atoms with Gasteiger partial charge in [0.2, 0.25) is 0 Å². The number of rotatable bonds is 1. The molecule has 5 heteroatoms. The Balaban J connectivity index is 1.91. The Hall–Kier alpha value is -1.65. The zero-order valence-electron chi connectivity index (χ0n) is 11.3. The predicted molar refractivity (Wildman–Crippen MR) is 67.3 cm³/mol. The van der Waals surface area contributed by atoms with Gasteiger partial charge in [-0.25, -0.2) is 14.8 Å². The monoisotopic (exact) mass is 249 g/mol. The van der Waals surface area contributed by atoms with Crippen LogP contribution in [0.25, 0.3) is 0 Å². The van der Waals surface area contributed by atoms with Crippen LogP contribution in [0.5, 0.6) is 0 Å². The molecule has 0 atom stereocenters. The molecule has 98 valence electrons. The van der Waals surface area contributed by atoms with Crippen molar-refractivity contribution in [2.45, 2.75) is 39.2 Å². The van der Waals surface area contributed by atoms with Crippen LogP contribution in [0.3, 0.4) is 0 Å². The second-order valence-corrected chi connectivity index (χ2v) is 5.65. The van der Waals surface area contributed by atoms with Crippen molar-refractivity contribution in [2.24, 2.45) is 0 Å². The minimum absolute atomic E-state index is 0.242. The smallest absolute Gasteiger partial charge is 0.410 e. The van der Waals surface area contributed by atoms with E-state index in [1.165, 1.54) is 0 Å². The fourth-order valence-corrected chi connectivity index (χ4v) is 1.95. The fourth-order valence-electron chi connectivity index (χ4n) is 1.95. The summed E-state index contributed by atoms with van der Waals surface area (Å²) >= 11 is 0. The summed E-state index contributed by atoms with van der Waals surface area (Å²) in [6.45, 7) is 8.95. The molecule has 1 aromatic rings. The van der Waals surface area contributed by atoms with Crippen LogP contribution < -0.4 is 0 Å². The van der Waals surface area contributed by atoms with Gasteiger partial charge in [-0.3, -0.25) is 0 Å². The lowest BCUT2D eigenvalue weighted by Crippen LogP contribution is -2.50. The highest BCUT2D eigenvalue weighted by Crippen LogP contribution is 2.29. The molecule has 0 N–H and O–H groups in total. The normalized spacial score (nSPS) is 16.3. The maximum absolute atomic E-state index is 11.8. The van der Waals surface area contributed by atoms with E-state index in [2.05, 4.69) is 9.97 Å². The molecule has 1 amide bonds. The average molecular weight is 249 g/mol. The first kappa shape index (κ1) is 12.8. The number of aryl methyl sites for hydroxylation is 1. The molecule has 0 radical (unpaired) electrons. The van der Waals surface area contributed by atoms with Gasteiger partial charge in [-0.1, -0.05) is 0 Å². The number of hydrogen-bond acceptors (Lipinski definition) is 4. The van der Waals surface area contributed by atoms with Gasteiger partial charge in [-0.2, -0.15) is 0 Å².